The number of anilines is 1. The maximum Gasteiger partial charge on any atom is 0.343 e. The van der Waals surface area contributed by atoms with E-state index in [1.165, 1.54) is 17.6 Å². The van der Waals surface area contributed by atoms with Gasteiger partial charge in [-0.3, -0.25) is 4.79 Å². The summed E-state index contributed by atoms with van der Waals surface area (Å²) >= 11 is 1.49. The van der Waals surface area contributed by atoms with Crippen LogP contribution in [0.25, 0.3) is 0 Å². The van der Waals surface area contributed by atoms with Crippen molar-refractivity contribution in [1.29, 1.82) is 0 Å². The van der Waals surface area contributed by atoms with E-state index >= 15 is 0 Å². The van der Waals surface area contributed by atoms with Gasteiger partial charge in [0.25, 0.3) is 5.91 Å². The van der Waals surface area contributed by atoms with Crippen molar-refractivity contribution in [2.24, 2.45) is 11.8 Å². The molecule has 4 aliphatic rings. The van der Waals surface area contributed by atoms with Crippen molar-refractivity contribution in [1.82, 2.24) is 5.16 Å². The first-order valence-electron chi connectivity index (χ1n) is 12.0. The van der Waals surface area contributed by atoms with Crippen LogP contribution in [0.5, 0.6) is 0 Å². The van der Waals surface area contributed by atoms with Crippen LogP contribution in [0.4, 0.5) is 5.82 Å². The molecular weight excluding hydrogens is 522 g/mol. The Kier molecular flexibility index (Phi) is 7.81. The Morgan fingerprint density at radius 3 is 2.62 bits per heavy atom. The molecule has 6 rings (SSSR count). The van der Waals surface area contributed by atoms with Gasteiger partial charge in [0.15, 0.2) is 24.1 Å². The Morgan fingerprint density at radius 1 is 1.21 bits per heavy atom. The number of rotatable bonds is 7. The molecule has 1 aliphatic carbocycles. The minimum absolute atomic E-state index is 0. The number of amides is 1. The minimum atomic E-state index is -1.60. The maximum absolute atomic E-state index is 13.6. The molecule has 0 spiro atoms. The molecule has 34 heavy (non-hydrogen) atoms. The van der Waals surface area contributed by atoms with Gasteiger partial charge in [-0.2, -0.15) is 11.3 Å². The van der Waals surface area contributed by atoms with Gasteiger partial charge in [-0.25, -0.2) is 4.79 Å². The minimum Gasteiger partial charge on any atom is -1.00 e. The number of hydrogen-bond acceptors (Lipinski definition) is 7. The van der Waals surface area contributed by atoms with Gasteiger partial charge < -0.3 is 41.1 Å². The van der Waals surface area contributed by atoms with Crippen LogP contribution in [0.15, 0.2) is 33.7 Å². The second-order valence-electron chi connectivity index (χ2n) is 9.96. The topological polar surface area (TPSA) is 102 Å². The molecule has 0 radical (unpaired) electrons. The summed E-state index contributed by atoms with van der Waals surface area (Å²) in [7, 11) is 0. The van der Waals surface area contributed by atoms with Crippen LogP contribution in [0.2, 0.25) is 0 Å². The Hall–Kier alpha value is -1.75. The van der Waals surface area contributed by atoms with Gasteiger partial charge in [0, 0.05) is 36.3 Å². The maximum atomic E-state index is 13.6. The normalized spacial score (nSPS) is 28.5. The van der Waals surface area contributed by atoms with Crippen LogP contribution in [0.3, 0.4) is 0 Å². The van der Waals surface area contributed by atoms with Crippen molar-refractivity contribution in [3.63, 3.8) is 0 Å². The Morgan fingerprint density at radius 2 is 1.97 bits per heavy atom. The lowest BCUT2D eigenvalue weighted by Crippen LogP contribution is -3.00. The zero-order chi connectivity index (χ0) is 22.9. The smallest absolute Gasteiger partial charge is 0.343 e. The Balaban J connectivity index is 0.00000274. The second-order valence-corrected chi connectivity index (χ2v) is 10.7. The number of piperidine rings is 3. The van der Waals surface area contributed by atoms with Gasteiger partial charge in [0.05, 0.1) is 13.1 Å². The predicted octanol–water partition coefficient (Wildman–Crippen LogP) is 0.299. The second kappa shape index (κ2) is 10.5. The highest BCUT2D eigenvalue weighted by molar-refractivity contribution is 7.08. The number of nitrogens with one attached hydrogen (secondary N) is 1. The van der Waals surface area contributed by atoms with Crippen LogP contribution in [0.1, 0.15) is 50.5 Å². The lowest BCUT2D eigenvalue weighted by molar-refractivity contribution is -0.939. The highest BCUT2D eigenvalue weighted by Gasteiger charge is 2.52. The summed E-state index contributed by atoms with van der Waals surface area (Å²) < 4.78 is 11.5. The molecule has 2 N–H and O–H groups in total. The molecule has 2 aromatic heterocycles. The van der Waals surface area contributed by atoms with Crippen molar-refractivity contribution in [2.45, 2.75) is 56.7 Å². The Labute approximate surface area is 214 Å². The fourth-order valence-electron chi connectivity index (χ4n) is 6.09. The number of quaternary nitrogens is 1. The van der Waals surface area contributed by atoms with Crippen LogP contribution in [-0.4, -0.2) is 58.9 Å². The lowest BCUT2D eigenvalue weighted by Gasteiger charge is -2.52. The lowest BCUT2D eigenvalue weighted by atomic mass is 9.74. The van der Waals surface area contributed by atoms with Gasteiger partial charge >= 0.3 is 5.97 Å². The molecule has 0 aromatic carbocycles. The third-order valence-electron chi connectivity index (χ3n) is 7.95. The highest BCUT2D eigenvalue weighted by Crippen LogP contribution is 2.43. The number of halogens is 1. The third-order valence-corrected chi connectivity index (χ3v) is 8.64. The van der Waals surface area contributed by atoms with E-state index in [0.29, 0.717) is 29.0 Å². The van der Waals surface area contributed by atoms with E-state index in [1.54, 1.807) is 6.07 Å². The zero-order valence-electron chi connectivity index (χ0n) is 19.2. The van der Waals surface area contributed by atoms with E-state index in [4.69, 9.17) is 9.26 Å². The van der Waals surface area contributed by atoms with Crippen LogP contribution in [-0.2, 0) is 19.9 Å². The molecule has 1 saturated carbocycles. The summed E-state index contributed by atoms with van der Waals surface area (Å²) in [5.41, 5.74) is -0.941. The first kappa shape index (κ1) is 25.3. The monoisotopic (exact) mass is 553 g/mol. The molecule has 3 aliphatic heterocycles. The number of aliphatic hydroxyl groups is 1. The van der Waals surface area contributed by atoms with E-state index in [9.17, 15) is 14.7 Å². The van der Waals surface area contributed by atoms with E-state index in [1.807, 2.05) is 16.8 Å². The van der Waals surface area contributed by atoms with E-state index in [-0.39, 0.29) is 40.8 Å². The van der Waals surface area contributed by atoms with Gasteiger partial charge in [0.2, 0.25) is 0 Å². The van der Waals surface area contributed by atoms with Crippen LogP contribution >= 0.6 is 11.3 Å². The van der Waals surface area contributed by atoms with Crippen molar-refractivity contribution < 1.29 is 45.4 Å². The molecule has 1 unspecified atom stereocenters. The number of nitrogens with zero attached hydrogens (tertiary/aromatic N) is 2. The van der Waals surface area contributed by atoms with Crippen LogP contribution < -0.4 is 22.3 Å². The quantitative estimate of drug-likeness (QED) is 0.377. The van der Waals surface area contributed by atoms with Crippen molar-refractivity contribution in [3.05, 3.63) is 34.7 Å². The predicted molar refractivity (Wildman–Crippen MR) is 122 cm³/mol. The van der Waals surface area contributed by atoms with Gasteiger partial charge in [-0.05, 0) is 29.7 Å². The zero-order valence-corrected chi connectivity index (χ0v) is 21.6. The third kappa shape index (κ3) is 4.96. The number of aromatic nitrogens is 1. The molecule has 2 bridgehead atoms. The number of hydrogen-bond donors (Lipinski definition) is 2. The number of carbonyl (C=O) groups excluding carboxylic acids is 2. The van der Waals surface area contributed by atoms with Gasteiger partial charge in [-0.1, -0.05) is 24.4 Å². The van der Waals surface area contributed by atoms with E-state index < -0.39 is 11.6 Å². The average Bonchev–Trinajstić information content (AvgIpc) is 3.54. The summed E-state index contributed by atoms with van der Waals surface area (Å²) in [5, 5.41) is 22.1. The van der Waals surface area contributed by atoms with Gasteiger partial charge in [-0.15, -0.1) is 0 Å². The summed E-state index contributed by atoms with van der Waals surface area (Å²) in [5.74, 6) is -0.0686. The first-order chi connectivity index (χ1) is 16.0. The number of esters is 1. The number of ether oxygens (including phenoxy) is 1. The van der Waals surface area contributed by atoms with Crippen molar-refractivity contribution >= 4 is 29.0 Å². The molecule has 3 saturated heterocycles. The number of thiophene rings is 1. The molecule has 4 fully saturated rings. The highest BCUT2D eigenvalue weighted by atomic mass is 79.9. The Bertz CT molecular complexity index is 955. The first-order valence-corrected chi connectivity index (χ1v) is 12.9. The van der Waals surface area contributed by atoms with Gasteiger partial charge in [0.1, 0.15) is 12.8 Å². The standard InChI is InChI=1S/C24H31N3O5S.BrH/c28-22(25-21-8-12-31-26-21)15-27-10-6-17(7-11-27)20(14-27)32-23(29)24(30,19-9-13-33-16-19)18-4-2-1-3-5-18;/h8-9,12-13,16-18,20,30H,1-7,10-11,14-15H2;1H/t17?,20?,24-,27?;/m1./s1. The largest absolute Gasteiger partial charge is 1.00 e. The fourth-order valence-corrected chi connectivity index (χ4v) is 6.80. The fraction of sp³-hybridized carbons (Fsp3) is 0.625. The number of fused-ring (bicyclic) bond motifs is 3. The molecule has 186 valence electrons. The average molecular weight is 555 g/mol. The summed E-state index contributed by atoms with van der Waals surface area (Å²) in [6.45, 7) is 2.70. The molecule has 10 heteroatoms. The summed E-state index contributed by atoms with van der Waals surface area (Å²) in [4.78, 5) is 26.2. The van der Waals surface area contributed by atoms with E-state index in [2.05, 4.69) is 10.5 Å². The number of carbonyl (C=O) groups is 2. The molecule has 5 heterocycles. The molecule has 2 aromatic rings. The van der Waals surface area contributed by atoms with Crippen molar-refractivity contribution in [3.8, 4) is 0 Å². The summed E-state index contributed by atoms with van der Waals surface area (Å²) in [6.07, 6.45) is 7.82. The SMILES string of the molecule is O=C(C[N+]12CCC(CC1)C(OC(=O)[C@](O)(c1ccsc1)C1CCCCC1)C2)Nc1ccon1.[Br-]. The molecule has 2 atom stereocenters. The van der Waals surface area contributed by atoms with E-state index in [0.717, 1.165) is 58.0 Å². The van der Waals surface area contributed by atoms with Crippen LogP contribution in [0, 0.1) is 11.8 Å². The summed E-state index contributed by atoms with van der Waals surface area (Å²) in [6, 6.07) is 3.46. The molecule has 1 amide bonds. The molecule has 8 nitrogen and oxygen atoms in total. The molecular formula is C24H32BrN3O5S. The van der Waals surface area contributed by atoms with Crippen molar-refractivity contribution in [2.75, 3.05) is 31.5 Å².